The maximum atomic E-state index is 11.3. The van der Waals surface area contributed by atoms with Gasteiger partial charge in [0.05, 0.1) is 5.69 Å². The van der Waals surface area contributed by atoms with Gasteiger partial charge < -0.3 is 5.11 Å². The fourth-order valence-electron chi connectivity index (χ4n) is 1.72. The van der Waals surface area contributed by atoms with Gasteiger partial charge in [-0.05, 0) is 12.8 Å². The number of halogens is 1. The highest BCUT2D eigenvalue weighted by molar-refractivity contribution is 6.32. The van der Waals surface area contributed by atoms with E-state index in [1.807, 2.05) is 20.8 Å². The average molecular weight is 281 g/mol. The van der Waals surface area contributed by atoms with Gasteiger partial charge in [-0.3, -0.25) is 0 Å². The molecule has 0 saturated carbocycles. The molecule has 2 aromatic rings. The number of carboxylic acid groups (broad SMARTS) is 1. The molecule has 0 aliphatic heterocycles. The molecule has 6 nitrogen and oxygen atoms in total. The lowest BCUT2D eigenvalue weighted by molar-refractivity contribution is 0.0695. The SMILES string of the molecule is Cc1cc(-n2nc(C(C)C)c(C(=O)O)c2Cl)ncn1. The van der Waals surface area contributed by atoms with E-state index < -0.39 is 5.97 Å². The lowest BCUT2D eigenvalue weighted by Gasteiger charge is -2.02. The zero-order valence-corrected chi connectivity index (χ0v) is 11.5. The number of aryl methyl sites for hydroxylation is 1. The maximum Gasteiger partial charge on any atom is 0.340 e. The lowest BCUT2D eigenvalue weighted by Crippen LogP contribution is -2.02. The monoisotopic (exact) mass is 280 g/mol. The summed E-state index contributed by atoms with van der Waals surface area (Å²) in [4.78, 5) is 19.3. The van der Waals surface area contributed by atoms with Crippen LogP contribution in [0.15, 0.2) is 12.4 Å². The number of nitrogens with zero attached hydrogens (tertiary/aromatic N) is 4. The van der Waals surface area contributed by atoms with E-state index in [-0.39, 0.29) is 16.6 Å². The van der Waals surface area contributed by atoms with Gasteiger partial charge in [0.1, 0.15) is 17.0 Å². The lowest BCUT2D eigenvalue weighted by atomic mass is 10.1. The quantitative estimate of drug-likeness (QED) is 0.934. The van der Waals surface area contributed by atoms with Crippen LogP contribution in [0.4, 0.5) is 0 Å². The summed E-state index contributed by atoms with van der Waals surface area (Å²) in [6, 6.07) is 1.69. The zero-order chi connectivity index (χ0) is 14.2. The predicted molar refractivity (Wildman–Crippen MR) is 69.9 cm³/mol. The molecule has 0 unspecified atom stereocenters. The molecule has 2 heterocycles. The average Bonchev–Trinajstić information content (AvgIpc) is 2.67. The first-order valence-electron chi connectivity index (χ1n) is 5.72. The zero-order valence-electron chi connectivity index (χ0n) is 10.8. The first-order chi connectivity index (χ1) is 8.91. The van der Waals surface area contributed by atoms with Crippen LogP contribution in [-0.2, 0) is 0 Å². The number of aromatic carboxylic acids is 1. The Morgan fingerprint density at radius 3 is 2.58 bits per heavy atom. The molecule has 19 heavy (non-hydrogen) atoms. The van der Waals surface area contributed by atoms with Crippen molar-refractivity contribution in [2.24, 2.45) is 0 Å². The first-order valence-corrected chi connectivity index (χ1v) is 6.10. The normalized spacial score (nSPS) is 11.0. The number of hydrogen-bond donors (Lipinski definition) is 1. The Labute approximate surface area is 115 Å². The fraction of sp³-hybridized carbons (Fsp3) is 0.333. The summed E-state index contributed by atoms with van der Waals surface area (Å²) < 4.78 is 1.33. The van der Waals surface area contributed by atoms with Crippen LogP contribution in [0.1, 0.15) is 41.5 Å². The van der Waals surface area contributed by atoms with Crippen LogP contribution in [0.3, 0.4) is 0 Å². The highest BCUT2D eigenvalue weighted by Crippen LogP contribution is 2.27. The molecular formula is C12H13ClN4O2. The van der Waals surface area contributed by atoms with Gasteiger partial charge in [0.2, 0.25) is 0 Å². The Hall–Kier alpha value is -1.95. The van der Waals surface area contributed by atoms with E-state index in [0.717, 1.165) is 5.69 Å². The van der Waals surface area contributed by atoms with E-state index in [0.29, 0.717) is 11.5 Å². The number of carboxylic acids is 1. The Balaban J connectivity index is 2.66. The van der Waals surface area contributed by atoms with Crippen LogP contribution in [0, 0.1) is 6.92 Å². The van der Waals surface area contributed by atoms with Gasteiger partial charge in [-0.25, -0.2) is 19.4 Å². The Kier molecular flexibility index (Phi) is 3.53. The van der Waals surface area contributed by atoms with Gasteiger partial charge in [0.25, 0.3) is 0 Å². The standard InChI is InChI=1S/C12H13ClN4O2/c1-6(2)10-9(12(18)19)11(13)17(16-10)8-4-7(3)14-5-15-8/h4-6H,1-3H3,(H,18,19). The Bertz CT molecular complexity index is 637. The van der Waals surface area contributed by atoms with Gasteiger partial charge in [0.15, 0.2) is 5.82 Å². The molecule has 0 aliphatic carbocycles. The van der Waals surface area contributed by atoms with Crippen LogP contribution in [0.2, 0.25) is 5.15 Å². The summed E-state index contributed by atoms with van der Waals surface area (Å²) in [5.41, 5.74) is 1.21. The van der Waals surface area contributed by atoms with Gasteiger partial charge >= 0.3 is 5.97 Å². The van der Waals surface area contributed by atoms with Crippen LogP contribution in [0.5, 0.6) is 0 Å². The van der Waals surface area contributed by atoms with E-state index >= 15 is 0 Å². The molecule has 1 N–H and O–H groups in total. The molecule has 7 heteroatoms. The molecule has 0 aromatic carbocycles. The summed E-state index contributed by atoms with van der Waals surface area (Å²) in [5.74, 6) is -0.689. The molecule has 0 saturated heterocycles. The topological polar surface area (TPSA) is 80.9 Å². The first kappa shape index (κ1) is 13.5. The van der Waals surface area contributed by atoms with Crippen LogP contribution < -0.4 is 0 Å². The van der Waals surface area contributed by atoms with Crippen molar-refractivity contribution in [3.05, 3.63) is 34.5 Å². The minimum absolute atomic E-state index is 0.0212. The summed E-state index contributed by atoms with van der Waals surface area (Å²) in [6.45, 7) is 5.53. The smallest absolute Gasteiger partial charge is 0.340 e. The molecule has 0 spiro atoms. The Morgan fingerprint density at radius 1 is 1.42 bits per heavy atom. The number of hydrogen-bond acceptors (Lipinski definition) is 4. The summed E-state index contributed by atoms with van der Waals surface area (Å²) in [7, 11) is 0. The van der Waals surface area contributed by atoms with Crippen molar-refractivity contribution in [1.29, 1.82) is 0 Å². The number of rotatable bonds is 3. The second-order valence-corrected chi connectivity index (χ2v) is 4.80. The molecule has 0 aliphatic rings. The fourth-order valence-corrected chi connectivity index (χ4v) is 2.03. The van der Waals surface area contributed by atoms with E-state index in [1.54, 1.807) is 6.07 Å². The van der Waals surface area contributed by atoms with Crippen molar-refractivity contribution in [1.82, 2.24) is 19.7 Å². The molecule has 0 bridgehead atoms. The number of carbonyl (C=O) groups is 1. The van der Waals surface area contributed by atoms with Crippen LogP contribution in [0.25, 0.3) is 5.82 Å². The van der Waals surface area contributed by atoms with Crippen LogP contribution in [-0.4, -0.2) is 30.8 Å². The summed E-state index contributed by atoms with van der Waals surface area (Å²) in [6.07, 6.45) is 1.39. The minimum Gasteiger partial charge on any atom is -0.478 e. The Morgan fingerprint density at radius 2 is 2.11 bits per heavy atom. The van der Waals surface area contributed by atoms with Crippen LogP contribution >= 0.6 is 11.6 Å². The summed E-state index contributed by atoms with van der Waals surface area (Å²) >= 11 is 6.11. The largest absolute Gasteiger partial charge is 0.478 e. The molecule has 100 valence electrons. The van der Waals surface area contributed by atoms with Gasteiger partial charge in [-0.2, -0.15) is 5.10 Å². The third-order valence-corrected chi connectivity index (χ3v) is 2.97. The van der Waals surface area contributed by atoms with Crippen molar-refractivity contribution < 1.29 is 9.90 Å². The van der Waals surface area contributed by atoms with Gasteiger partial charge in [-0.15, -0.1) is 0 Å². The highest BCUT2D eigenvalue weighted by Gasteiger charge is 2.25. The third-order valence-electron chi connectivity index (χ3n) is 2.62. The summed E-state index contributed by atoms with van der Waals surface area (Å²) in [5, 5.41) is 13.5. The molecule has 0 radical (unpaired) electrons. The van der Waals surface area contributed by atoms with E-state index in [4.69, 9.17) is 11.6 Å². The number of aromatic nitrogens is 4. The maximum absolute atomic E-state index is 11.3. The van der Waals surface area contributed by atoms with E-state index in [9.17, 15) is 9.90 Å². The van der Waals surface area contributed by atoms with E-state index in [1.165, 1.54) is 11.0 Å². The molecule has 2 rings (SSSR count). The molecule has 0 amide bonds. The van der Waals surface area contributed by atoms with Crippen molar-refractivity contribution in [3.8, 4) is 5.82 Å². The highest BCUT2D eigenvalue weighted by atomic mass is 35.5. The van der Waals surface area contributed by atoms with Crippen molar-refractivity contribution in [2.45, 2.75) is 26.7 Å². The van der Waals surface area contributed by atoms with Crippen molar-refractivity contribution in [3.63, 3.8) is 0 Å². The third kappa shape index (κ3) is 2.44. The molecular weight excluding hydrogens is 268 g/mol. The van der Waals surface area contributed by atoms with Gasteiger partial charge in [0, 0.05) is 11.8 Å². The van der Waals surface area contributed by atoms with Crippen molar-refractivity contribution >= 4 is 17.6 Å². The molecule has 0 atom stereocenters. The van der Waals surface area contributed by atoms with Crippen molar-refractivity contribution in [2.75, 3.05) is 0 Å². The molecule has 0 fully saturated rings. The second-order valence-electron chi connectivity index (χ2n) is 4.44. The predicted octanol–water partition coefficient (Wildman–Crippen LogP) is 2.45. The minimum atomic E-state index is -1.09. The van der Waals surface area contributed by atoms with E-state index in [2.05, 4.69) is 15.1 Å². The molecule has 2 aromatic heterocycles. The second kappa shape index (κ2) is 4.97. The van der Waals surface area contributed by atoms with Gasteiger partial charge in [-0.1, -0.05) is 25.4 Å².